The van der Waals surface area contributed by atoms with Crippen LogP contribution in [0.3, 0.4) is 0 Å². The first-order valence-electron chi connectivity index (χ1n) is 6.69. The Bertz CT molecular complexity index is 622. The molecule has 0 aliphatic heterocycles. The lowest BCUT2D eigenvalue weighted by Crippen LogP contribution is -2.19. The van der Waals surface area contributed by atoms with Gasteiger partial charge in [0.15, 0.2) is 0 Å². The van der Waals surface area contributed by atoms with Gasteiger partial charge in [-0.05, 0) is 50.2 Å². The van der Waals surface area contributed by atoms with E-state index in [4.69, 9.17) is 4.74 Å². The zero-order valence-corrected chi connectivity index (χ0v) is 12.0. The fraction of sp³-hybridized carbons (Fsp3) is 0.188. The molecule has 1 heterocycles. The van der Waals surface area contributed by atoms with Gasteiger partial charge >= 0.3 is 0 Å². The van der Waals surface area contributed by atoms with Gasteiger partial charge in [0.25, 0.3) is 5.91 Å². The van der Waals surface area contributed by atoms with Crippen molar-refractivity contribution in [3.63, 3.8) is 0 Å². The average molecular weight is 283 g/mol. The number of carbonyl (C=O) groups is 1. The standard InChI is InChI=1S/C16H17N3O2/c1-3-21-14-9-7-13(8-10-14)16(20)19-18-12(2)15-6-4-5-11-17-15/h4-11H,3H2,1-2H3,(H,19,20)/b18-12-. The second kappa shape index (κ2) is 7.19. The van der Waals surface area contributed by atoms with Gasteiger partial charge in [-0.2, -0.15) is 5.10 Å². The molecule has 0 aliphatic rings. The number of amides is 1. The molecule has 1 aromatic carbocycles. The van der Waals surface area contributed by atoms with Gasteiger partial charge in [0, 0.05) is 11.8 Å². The van der Waals surface area contributed by atoms with Crippen molar-refractivity contribution in [1.82, 2.24) is 10.4 Å². The van der Waals surface area contributed by atoms with Crippen LogP contribution in [0.1, 0.15) is 29.9 Å². The van der Waals surface area contributed by atoms with E-state index in [0.717, 1.165) is 11.4 Å². The molecule has 1 amide bonds. The molecule has 0 atom stereocenters. The molecule has 0 saturated carbocycles. The molecule has 2 rings (SSSR count). The Balaban J connectivity index is 2.01. The van der Waals surface area contributed by atoms with Crippen LogP contribution in [0.2, 0.25) is 0 Å². The summed E-state index contributed by atoms with van der Waals surface area (Å²) in [5.41, 5.74) is 4.42. The van der Waals surface area contributed by atoms with Gasteiger partial charge in [-0.3, -0.25) is 9.78 Å². The molecule has 1 aromatic heterocycles. The van der Waals surface area contributed by atoms with Crippen LogP contribution in [0.5, 0.6) is 5.75 Å². The van der Waals surface area contributed by atoms with Gasteiger partial charge in [-0.15, -0.1) is 0 Å². The molecule has 0 saturated heterocycles. The van der Waals surface area contributed by atoms with Gasteiger partial charge in [0.2, 0.25) is 0 Å². The topological polar surface area (TPSA) is 63.6 Å². The van der Waals surface area contributed by atoms with Crippen LogP contribution in [0, 0.1) is 0 Å². The second-order valence-electron chi connectivity index (χ2n) is 4.31. The number of aromatic nitrogens is 1. The number of rotatable bonds is 5. The maximum Gasteiger partial charge on any atom is 0.271 e. The van der Waals surface area contributed by atoms with E-state index in [2.05, 4.69) is 15.5 Å². The highest BCUT2D eigenvalue weighted by atomic mass is 16.5. The molecule has 21 heavy (non-hydrogen) atoms. The van der Waals surface area contributed by atoms with E-state index in [1.807, 2.05) is 25.1 Å². The van der Waals surface area contributed by atoms with Gasteiger partial charge in [-0.25, -0.2) is 5.43 Å². The zero-order valence-electron chi connectivity index (χ0n) is 12.0. The zero-order chi connectivity index (χ0) is 15.1. The number of hydrazone groups is 1. The number of ether oxygens (including phenoxy) is 1. The van der Waals surface area contributed by atoms with Crippen LogP contribution in [0.15, 0.2) is 53.8 Å². The summed E-state index contributed by atoms with van der Waals surface area (Å²) in [5.74, 6) is 0.468. The van der Waals surface area contributed by atoms with E-state index in [1.165, 1.54) is 0 Å². The van der Waals surface area contributed by atoms with Crippen molar-refractivity contribution in [3.8, 4) is 5.75 Å². The van der Waals surface area contributed by atoms with Gasteiger partial charge < -0.3 is 4.74 Å². The highest BCUT2D eigenvalue weighted by Crippen LogP contribution is 2.11. The highest BCUT2D eigenvalue weighted by molar-refractivity contribution is 5.99. The van der Waals surface area contributed by atoms with E-state index in [0.29, 0.717) is 17.9 Å². The Hall–Kier alpha value is -2.69. The molecular formula is C16H17N3O2. The molecule has 5 heteroatoms. The summed E-state index contributed by atoms with van der Waals surface area (Å²) >= 11 is 0. The van der Waals surface area contributed by atoms with Gasteiger partial charge in [0.05, 0.1) is 18.0 Å². The van der Waals surface area contributed by atoms with Crippen molar-refractivity contribution in [3.05, 3.63) is 59.9 Å². The Kier molecular flexibility index (Phi) is 5.04. The van der Waals surface area contributed by atoms with Crippen LogP contribution in [0.25, 0.3) is 0 Å². The maximum atomic E-state index is 12.0. The number of nitrogens with zero attached hydrogens (tertiary/aromatic N) is 2. The Morgan fingerprint density at radius 3 is 2.62 bits per heavy atom. The Morgan fingerprint density at radius 1 is 1.24 bits per heavy atom. The molecule has 0 bridgehead atoms. The molecular weight excluding hydrogens is 266 g/mol. The van der Waals surface area contributed by atoms with Crippen LogP contribution in [0.4, 0.5) is 0 Å². The number of pyridine rings is 1. The summed E-state index contributed by atoms with van der Waals surface area (Å²) in [4.78, 5) is 16.1. The van der Waals surface area contributed by atoms with Crippen molar-refractivity contribution >= 4 is 11.6 Å². The third-order valence-electron chi connectivity index (χ3n) is 2.79. The van der Waals surface area contributed by atoms with E-state index in [-0.39, 0.29) is 5.91 Å². The highest BCUT2D eigenvalue weighted by Gasteiger charge is 2.05. The summed E-state index contributed by atoms with van der Waals surface area (Å²) in [6.45, 7) is 4.30. The van der Waals surface area contributed by atoms with Crippen molar-refractivity contribution in [1.29, 1.82) is 0 Å². The lowest BCUT2D eigenvalue weighted by atomic mass is 10.2. The molecule has 0 unspecified atom stereocenters. The maximum absolute atomic E-state index is 12.0. The first-order valence-corrected chi connectivity index (χ1v) is 6.69. The fourth-order valence-corrected chi connectivity index (χ4v) is 1.70. The third kappa shape index (κ3) is 4.14. The molecule has 0 radical (unpaired) electrons. The Morgan fingerprint density at radius 2 is 2.00 bits per heavy atom. The Labute approximate surface area is 123 Å². The number of hydrogen-bond donors (Lipinski definition) is 1. The number of carbonyl (C=O) groups excluding carboxylic acids is 1. The molecule has 0 fully saturated rings. The molecule has 0 aliphatic carbocycles. The predicted octanol–water partition coefficient (Wildman–Crippen LogP) is 2.63. The molecule has 108 valence electrons. The SMILES string of the molecule is CCOc1ccc(C(=O)N/N=C(/C)c2ccccn2)cc1. The first-order chi connectivity index (χ1) is 10.2. The largest absolute Gasteiger partial charge is 0.494 e. The van der Waals surface area contributed by atoms with Crippen LogP contribution >= 0.6 is 0 Å². The fourth-order valence-electron chi connectivity index (χ4n) is 1.70. The average Bonchev–Trinajstić information content (AvgIpc) is 2.54. The monoisotopic (exact) mass is 283 g/mol. The summed E-state index contributed by atoms with van der Waals surface area (Å²) in [6.07, 6.45) is 1.68. The molecule has 2 aromatic rings. The predicted molar refractivity (Wildman–Crippen MR) is 81.5 cm³/mol. The summed E-state index contributed by atoms with van der Waals surface area (Å²) in [5, 5.41) is 4.05. The van der Waals surface area contributed by atoms with Crippen molar-refractivity contribution in [2.45, 2.75) is 13.8 Å². The van der Waals surface area contributed by atoms with Crippen molar-refractivity contribution in [2.75, 3.05) is 6.61 Å². The minimum Gasteiger partial charge on any atom is -0.494 e. The third-order valence-corrected chi connectivity index (χ3v) is 2.79. The van der Waals surface area contributed by atoms with E-state index in [9.17, 15) is 4.79 Å². The van der Waals surface area contributed by atoms with Crippen LogP contribution in [-0.4, -0.2) is 23.2 Å². The summed E-state index contributed by atoms with van der Waals surface area (Å²) < 4.78 is 5.33. The number of benzene rings is 1. The summed E-state index contributed by atoms with van der Waals surface area (Å²) in [6, 6.07) is 12.5. The van der Waals surface area contributed by atoms with E-state index >= 15 is 0 Å². The first kappa shape index (κ1) is 14.7. The lowest BCUT2D eigenvalue weighted by Gasteiger charge is -2.05. The lowest BCUT2D eigenvalue weighted by molar-refractivity contribution is 0.0955. The van der Waals surface area contributed by atoms with Crippen LogP contribution in [-0.2, 0) is 0 Å². The number of hydrogen-bond acceptors (Lipinski definition) is 4. The van der Waals surface area contributed by atoms with E-state index in [1.54, 1.807) is 37.4 Å². The molecule has 1 N–H and O–H groups in total. The molecule has 5 nitrogen and oxygen atoms in total. The molecule has 0 spiro atoms. The normalized spacial score (nSPS) is 11.0. The minimum atomic E-state index is -0.270. The van der Waals surface area contributed by atoms with Gasteiger partial charge in [0.1, 0.15) is 5.75 Å². The second-order valence-corrected chi connectivity index (χ2v) is 4.31. The number of nitrogens with one attached hydrogen (secondary N) is 1. The van der Waals surface area contributed by atoms with E-state index < -0.39 is 0 Å². The summed E-state index contributed by atoms with van der Waals surface area (Å²) in [7, 11) is 0. The quantitative estimate of drug-likeness (QED) is 0.677. The van der Waals surface area contributed by atoms with Crippen molar-refractivity contribution < 1.29 is 9.53 Å². The van der Waals surface area contributed by atoms with Crippen molar-refractivity contribution in [2.24, 2.45) is 5.10 Å². The van der Waals surface area contributed by atoms with Gasteiger partial charge in [-0.1, -0.05) is 6.07 Å². The minimum absolute atomic E-state index is 0.270. The smallest absolute Gasteiger partial charge is 0.271 e. The van der Waals surface area contributed by atoms with Crippen LogP contribution < -0.4 is 10.2 Å².